The minimum Gasteiger partial charge on any atom is -0.480 e. The van der Waals surface area contributed by atoms with Gasteiger partial charge in [0.2, 0.25) is 0 Å². The fourth-order valence-corrected chi connectivity index (χ4v) is 2.97. The van der Waals surface area contributed by atoms with Gasteiger partial charge in [-0.1, -0.05) is 43.4 Å². The fourth-order valence-electron chi connectivity index (χ4n) is 2.72. The average Bonchev–Trinajstić information content (AvgIpc) is 2.65. The van der Waals surface area contributed by atoms with Gasteiger partial charge in [-0.05, 0) is 25.0 Å². The number of halogens is 2. The number of carbonyl (C=O) groups is 2. The van der Waals surface area contributed by atoms with Crippen molar-refractivity contribution in [3.63, 3.8) is 0 Å². The van der Waals surface area contributed by atoms with Gasteiger partial charge in [0, 0.05) is 0 Å². The zero-order valence-electron chi connectivity index (χ0n) is 11.5. The van der Waals surface area contributed by atoms with Gasteiger partial charge in [0.25, 0.3) is 5.91 Å². The molecule has 21 heavy (non-hydrogen) atoms. The summed E-state index contributed by atoms with van der Waals surface area (Å²) in [5, 5.41) is 12.0. The third-order valence-electron chi connectivity index (χ3n) is 3.91. The van der Waals surface area contributed by atoms with Gasteiger partial charge in [-0.3, -0.25) is 4.79 Å². The number of hydrogen-bond donors (Lipinski definition) is 2. The zero-order valence-corrected chi connectivity index (χ0v) is 12.3. The van der Waals surface area contributed by atoms with Gasteiger partial charge in [0.05, 0.1) is 10.6 Å². The standard InChI is InChI=1S/C15H17ClFNO3/c16-10-6-5-7-11(17)12(10)13(19)18-15(14(20)21)8-3-1-2-4-9-15/h5-7H,1-4,8-9H2,(H,18,19)(H,20,21). The number of nitrogens with one attached hydrogen (secondary N) is 1. The van der Waals surface area contributed by atoms with Crippen molar-refractivity contribution in [1.82, 2.24) is 5.32 Å². The highest BCUT2D eigenvalue weighted by molar-refractivity contribution is 6.33. The first-order chi connectivity index (χ1) is 9.96. The molecular weight excluding hydrogens is 297 g/mol. The Labute approximate surface area is 127 Å². The number of rotatable bonds is 3. The van der Waals surface area contributed by atoms with E-state index >= 15 is 0 Å². The third kappa shape index (κ3) is 3.35. The Kier molecular flexibility index (Phi) is 4.83. The lowest BCUT2D eigenvalue weighted by atomic mass is 9.89. The maximum absolute atomic E-state index is 13.8. The van der Waals surface area contributed by atoms with Crippen LogP contribution in [0.2, 0.25) is 5.02 Å². The molecule has 6 heteroatoms. The molecule has 0 atom stereocenters. The Morgan fingerprint density at radius 2 is 1.81 bits per heavy atom. The van der Waals surface area contributed by atoms with E-state index in [-0.39, 0.29) is 10.6 Å². The Bertz CT molecular complexity index is 534. The molecule has 1 saturated carbocycles. The van der Waals surface area contributed by atoms with E-state index in [1.165, 1.54) is 12.1 Å². The first-order valence-electron chi connectivity index (χ1n) is 6.96. The van der Waals surface area contributed by atoms with Gasteiger partial charge in [-0.2, -0.15) is 0 Å². The van der Waals surface area contributed by atoms with E-state index in [9.17, 15) is 19.1 Å². The van der Waals surface area contributed by atoms with Crippen molar-refractivity contribution >= 4 is 23.5 Å². The molecule has 1 amide bonds. The zero-order chi connectivity index (χ0) is 15.5. The predicted molar refractivity (Wildman–Crippen MR) is 76.9 cm³/mol. The minimum atomic E-state index is -1.33. The number of benzene rings is 1. The summed E-state index contributed by atoms with van der Waals surface area (Å²) in [4.78, 5) is 23.9. The number of carbonyl (C=O) groups excluding carboxylic acids is 1. The topological polar surface area (TPSA) is 66.4 Å². The summed E-state index contributed by atoms with van der Waals surface area (Å²) >= 11 is 5.85. The molecule has 0 spiro atoms. The van der Waals surface area contributed by atoms with Gasteiger partial charge >= 0.3 is 5.97 Å². The molecule has 1 aliphatic rings. The van der Waals surface area contributed by atoms with Gasteiger partial charge in [0.15, 0.2) is 0 Å². The van der Waals surface area contributed by atoms with Crippen LogP contribution in [0.3, 0.4) is 0 Å². The largest absolute Gasteiger partial charge is 0.480 e. The van der Waals surface area contributed by atoms with Crippen LogP contribution in [0.15, 0.2) is 18.2 Å². The molecule has 0 radical (unpaired) electrons. The van der Waals surface area contributed by atoms with Crippen LogP contribution in [0.1, 0.15) is 48.9 Å². The summed E-state index contributed by atoms with van der Waals surface area (Å²) in [6.07, 6.45) is 4.01. The number of amides is 1. The molecule has 4 nitrogen and oxygen atoms in total. The summed E-state index contributed by atoms with van der Waals surface area (Å²) in [6, 6.07) is 3.93. The van der Waals surface area contributed by atoms with Crippen LogP contribution in [0.4, 0.5) is 4.39 Å². The summed E-state index contributed by atoms with van der Waals surface area (Å²) < 4.78 is 13.8. The Morgan fingerprint density at radius 3 is 2.33 bits per heavy atom. The van der Waals surface area contributed by atoms with Crippen LogP contribution in [-0.2, 0) is 4.79 Å². The summed E-state index contributed by atoms with van der Waals surface area (Å²) in [6.45, 7) is 0. The van der Waals surface area contributed by atoms with Gasteiger partial charge in [-0.15, -0.1) is 0 Å². The first kappa shape index (κ1) is 15.8. The second-order valence-corrected chi connectivity index (χ2v) is 5.76. The molecule has 0 aliphatic heterocycles. The lowest BCUT2D eigenvalue weighted by molar-refractivity contribution is -0.145. The first-order valence-corrected chi connectivity index (χ1v) is 7.34. The predicted octanol–water partition coefficient (Wildman–Crippen LogP) is 3.39. The van der Waals surface area contributed by atoms with Crippen LogP contribution in [0, 0.1) is 5.82 Å². The smallest absolute Gasteiger partial charge is 0.329 e. The summed E-state index contributed by atoms with van der Waals surface area (Å²) in [7, 11) is 0. The van der Waals surface area contributed by atoms with E-state index in [4.69, 9.17) is 11.6 Å². The van der Waals surface area contributed by atoms with Crippen molar-refractivity contribution in [1.29, 1.82) is 0 Å². The second kappa shape index (κ2) is 6.43. The lowest BCUT2D eigenvalue weighted by Crippen LogP contribution is -2.54. The summed E-state index contributed by atoms with van der Waals surface area (Å²) in [5.74, 6) is -2.61. The maximum atomic E-state index is 13.8. The normalized spacial score (nSPS) is 17.8. The monoisotopic (exact) mass is 313 g/mol. The van der Waals surface area contributed by atoms with E-state index < -0.39 is 23.2 Å². The molecule has 1 aliphatic carbocycles. The van der Waals surface area contributed by atoms with E-state index in [0.717, 1.165) is 31.7 Å². The maximum Gasteiger partial charge on any atom is 0.329 e. The van der Waals surface area contributed by atoms with Crippen LogP contribution >= 0.6 is 11.6 Å². The van der Waals surface area contributed by atoms with Gasteiger partial charge < -0.3 is 10.4 Å². The molecule has 1 aromatic rings. The molecule has 1 fully saturated rings. The van der Waals surface area contributed by atoms with Crippen LogP contribution in [0.25, 0.3) is 0 Å². The van der Waals surface area contributed by atoms with Crippen LogP contribution in [0.5, 0.6) is 0 Å². The molecule has 0 bridgehead atoms. The van der Waals surface area contributed by atoms with Crippen LogP contribution in [-0.4, -0.2) is 22.5 Å². The fraction of sp³-hybridized carbons (Fsp3) is 0.467. The number of carboxylic acids is 1. The lowest BCUT2D eigenvalue weighted by Gasteiger charge is -2.29. The van der Waals surface area contributed by atoms with E-state index in [1.54, 1.807) is 0 Å². The highest BCUT2D eigenvalue weighted by atomic mass is 35.5. The van der Waals surface area contributed by atoms with Crippen molar-refractivity contribution in [2.45, 2.75) is 44.1 Å². The Hall–Kier alpha value is -1.62. The van der Waals surface area contributed by atoms with E-state index in [0.29, 0.717) is 12.8 Å². The molecule has 2 N–H and O–H groups in total. The van der Waals surface area contributed by atoms with E-state index in [2.05, 4.69) is 5.32 Å². The number of carboxylic acid groups (broad SMARTS) is 1. The van der Waals surface area contributed by atoms with Gasteiger partial charge in [0.1, 0.15) is 11.4 Å². The average molecular weight is 314 g/mol. The van der Waals surface area contributed by atoms with Crippen LogP contribution < -0.4 is 5.32 Å². The number of hydrogen-bond acceptors (Lipinski definition) is 2. The van der Waals surface area contributed by atoms with E-state index in [1.807, 2.05) is 0 Å². The molecule has 0 unspecified atom stereocenters. The molecule has 0 heterocycles. The SMILES string of the molecule is O=C(NC1(C(=O)O)CCCCCC1)c1c(F)cccc1Cl. The van der Waals surface area contributed by atoms with Crippen molar-refractivity contribution in [2.75, 3.05) is 0 Å². The van der Waals surface area contributed by atoms with Gasteiger partial charge in [-0.25, -0.2) is 9.18 Å². The quantitative estimate of drug-likeness (QED) is 0.841. The van der Waals surface area contributed by atoms with Crippen molar-refractivity contribution in [3.05, 3.63) is 34.6 Å². The number of aliphatic carboxylic acids is 1. The van der Waals surface area contributed by atoms with Crippen molar-refractivity contribution < 1.29 is 19.1 Å². The minimum absolute atomic E-state index is 0.0262. The molecule has 114 valence electrons. The third-order valence-corrected chi connectivity index (χ3v) is 4.22. The molecule has 2 rings (SSSR count). The van der Waals surface area contributed by atoms with Crippen molar-refractivity contribution in [3.8, 4) is 0 Å². The second-order valence-electron chi connectivity index (χ2n) is 5.35. The van der Waals surface area contributed by atoms with Crippen molar-refractivity contribution in [2.24, 2.45) is 0 Å². The molecular formula is C15H17ClFNO3. The molecule has 0 saturated heterocycles. The summed E-state index contributed by atoms with van der Waals surface area (Å²) in [5.41, 5.74) is -1.64. The Balaban J connectivity index is 2.28. The molecule has 1 aromatic carbocycles. The molecule has 0 aromatic heterocycles. The highest BCUT2D eigenvalue weighted by Gasteiger charge is 2.40. The highest BCUT2D eigenvalue weighted by Crippen LogP contribution is 2.29. The Morgan fingerprint density at radius 1 is 1.19 bits per heavy atom.